The topological polar surface area (TPSA) is 237 Å². The highest BCUT2D eigenvalue weighted by Gasteiger charge is 2.30. The third-order valence-electron chi connectivity index (χ3n) is 16.0. The van der Waals surface area contributed by atoms with Crippen molar-refractivity contribution in [3.8, 4) is 0 Å². The van der Waals surface area contributed by atoms with Crippen molar-refractivity contribution in [2.45, 2.75) is 356 Å². The SMILES string of the molecule is CCCCCC/C=C\C=C/CCCCCCCC(=O)O[C@H](COC(=O)CCCCCCCCCCCC(C)C)COP(=O)(O)OC[C@@H](O)COP(=O)(O)OC[C@@H](COC(=O)CCCCCCCCCCCC(C)C)OC(=O)CCCCCCCCCCCC(C)C. The summed E-state index contributed by atoms with van der Waals surface area (Å²) in [6.45, 7) is 11.7. The van der Waals surface area contributed by atoms with E-state index in [1.807, 2.05) is 0 Å². The molecule has 0 amide bonds. The third-order valence-corrected chi connectivity index (χ3v) is 17.9. The number of aliphatic hydroxyl groups excluding tert-OH is 1. The van der Waals surface area contributed by atoms with Crippen molar-refractivity contribution in [2.24, 2.45) is 17.8 Å². The summed E-state index contributed by atoms with van der Waals surface area (Å²) >= 11 is 0. The molecule has 2 unspecified atom stereocenters. The second-order valence-corrected chi connectivity index (χ2v) is 29.6. The summed E-state index contributed by atoms with van der Waals surface area (Å²) in [6.07, 6.45) is 49.4. The van der Waals surface area contributed by atoms with Gasteiger partial charge < -0.3 is 33.8 Å². The first kappa shape index (κ1) is 88.5. The van der Waals surface area contributed by atoms with Crippen LogP contribution in [0.5, 0.6) is 0 Å². The zero-order valence-corrected chi connectivity index (χ0v) is 60.6. The molecule has 0 bridgehead atoms. The van der Waals surface area contributed by atoms with Gasteiger partial charge >= 0.3 is 39.5 Å². The maximum atomic E-state index is 13.0. The van der Waals surface area contributed by atoms with Crippen LogP contribution in [-0.4, -0.2) is 96.7 Å². The van der Waals surface area contributed by atoms with Crippen LogP contribution in [0.1, 0.15) is 337 Å². The van der Waals surface area contributed by atoms with Crippen LogP contribution in [0.2, 0.25) is 0 Å². The lowest BCUT2D eigenvalue weighted by Gasteiger charge is -2.21. The van der Waals surface area contributed by atoms with Gasteiger partial charge in [0.05, 0.1) is 26.4 Å². The molecule has 0 saturated carbocycles. The molecule has 91 heavy (non-hydrogen) atoms. The molecule has 0 aromatic rings. The van der Waals surface area contributed by atoms with Crippen molar-refractivity contribution in [1.82, 2.24) is 0 Å². The van der Waals surface area contributed by atoms with E-state index in [0.29, 0.717) is 25.7 Å². The molecule has 0 aliphatic heterocycles. The Morgan fingerprint density at radius 2 is 0.593 bits per heavy atom. The van der Waals surface area contributed by atoms with Crippen LogP contribution >= 0.6 is 15.6 Å². The number of carbonyl (C=O) groups excluding carboxylic acids is 4. The van der Waals surface area contributed by atoms with Crippen LogP contribution in [-0.2, 0) is 65.4 Å². The van der Waals surface area contributed by atoms with Gasteiger partial charge in [-0.05, 0) is 69.1 Å². The fourth-order valence-electron chi connectivity index (χ4n) is 10.4. The van der Waals surface area contributed by atoms with Crippen molar-refractivity contribution in [3.05, 3.63) is 24.3 Å². The van der Waals surface area contributed by atoms with E-state index < -0.39 is 97.5 Å². The monoisotopic (exact) mass is 1330 g/mol. The molecule has 0 saturated heterocycles. The van der Waals surface area contributed by atoms with E-state index in [2.05, 4.69) is 72.8 Å². The average molecular weight is 1340 g/mol. The Balaban J connectivity index is 5.30. The summed E-state index contributed by atoms with van der Waals surface area (Å²) in [6, 6.07) is 0. The molecule has 0 heterocycles. The molecule has 0 radical (unpaired) electrons. The van der Waals surface area contributed by atoms with Gasteiger partial charge in [-0.3, -0.25) is 37.3 Å². The Labute approximate surface area is 554 Å². The predicted molar refractivity (Wildman–Crippen MR) is 367 cm³/mol. The third kappa shape index (κ3) is 66.0. The van der Waals surface area contributed by atoms with Crippen molar-refractivity contribution in [1.29, 1.82) is 0 Å². The molecule has 536 valence electrons. The highest BCUT2D eigenvalue weighted by molar-refractivity contribution is 7.47. The largest absolute Gasteiger partial charge is 0.472 e. The molecule has 5 atom stereocenters. The second kappa shape index (κ2) is 62.4. The normalized spacial score (nSPS) is 14.3. The fourth-order valence-corrected chi connectivity index (χ4v) is 11.9. The molecule has 0 fully saturated rings. The van der Waals surface area contributed by atoms with Gasteiger partial charge in [-0.25, -0.2) is 9.13 Å². The molecule has 0 aliphatic carbocycles. The highest BCUT2D eigenvalue weighted by Crippen LogP contribution is 2.45. The molecule has 0 spiro atoms. The zero-order valence-electron chi connectivity index (χ0n) is 58.8. The minimum absolute atomic E-state index is 0.0842. The van der Waals surface area contributed by atoms with Crippen LogP contribution in [0.4, 0.5) is 0 Å². The first-order valence-electron chi connectivity index (χ1n) is 36.7. The van der Waals surface area contributed by atoms with E-state index in [1.165, 1.54) is 135 Å². The van der Waals surface area contributed by atoms with Gasteiger partial charge in [-0.15, -0.1) is 0 Å². The molecule has 3 N–H and O–H groups in total. The number of rotatable bonds is 68. The quantitative estimate of drug-likeness (QED) is 0.0169. The molecular formula is C72H136O17P2. The van der Waals surface area contributed by atoms with Gasteiger partial charge in [0.15, 0.2) is 12.2 Å². The number of allylic oxidation sites excluding steroid dienone is 4. The molecule has 0 aromatic carbocycles. The maximum Gasteiger partial charge on any atom is 0.472 e. The number of esters is 4. The maximum absolute atomic E-state index is 13.0. The number of phosphoric acid groups is 2. The van der Waals surface area contributed by atoms with Gasteiger partial charge in [0.2, 0.25) is 0 Å². The lowest BCUT2D eigenvalue weighted by molar-refractivity contribution is -0.161. The molecule has 0 aromatic heterocycles. The summed E-state index contributed by atoms with van der Waals surface area (Å²) in [5.41, 5.74) is 0. The van der Waals surface area contributed by atoms with Crippen LogP contribution in [0, 0.1) is 17.8 Å². The van der Waals surface area contributed by atoms with E-state index >= 15 is 0 Å². The first-order chi connectivity index (χ1) is 43.7. The van der Waals surface area contributed by atoms with E-state index in [0.717, 1.165) is 120 Å². The van der Waals surface area contributed by atoms with Crippen molar-refractivity contribution in [2.75, 3.05) is 39.6 Å². The van der Waals surface area contributed by atoms with E-state index in [-0.39, 0.29) is 25.7 Å². The minimum atomic E-state index is -4.96. The second-order valence-electron chi connectivity index (χ2n) is 26.7. The Hall–Kier alpha value is -2.46. The van der Waals surface area contributed by atoms with Gasteiger partial charge in [0, 0.05) is 25.7 Å². The minimum Gasteiger partial charge on any atom is -0.462 e. The first-order valence-corrected chi connectivity index (χ1v) is 39.7. The van der Waals surface area contributed by atoms with Crippen LogP contribution < -0.4 is 0 Å². The van der Waals surface area contributed by atoms with E-state index in [9.17, 15) is 43.2 Å². The number of phosphoric ester groups is 2. The number of aliphatic hydroxyl groups is 1. The van der Waals surface area contributed by atoms with Gasteiger partial charge in [0.1, 0.15) is 19.3 Å². The number of ether oxygens (including phenoxy) is 4. The van der Waals surface area contributed by atoms with Crippen LogP contribution in [0.15, 0.2) is 24.3 Å². The number of hydrogen-bond donors (Lipinski definition) is 3. The zero-order chi connectivity index (χ0) is 67.3. The summed E-state index contributed by atoms with van der Waals surface area (Å²) in [5, 5.41) is 10.6. The summed E-state index contributed by atoms with van der Waals surface area (Å²) in [7, 11) is -9.92. The van der Waals surface area contributed by atoms with Crippen molar-refractivity contribution < 1.29 is 80.2 Å². The van der Waals surface area contributed by atoms with E-state index in [4.69, 9.17) is 37.0 Å². The Bertz CT molecular complexity index is 1880. The van der Waals surface area contributed by atoms with Crippen LogP contribution in [0.25, 0.3) is 0 Å². The van der Waals surface area contributed by atoms with Gasteiger partial charge in [-0.1, -0.05) is 285 Å². The Kier molecular flexibility index (Phi) is 60.7. The number of hydrogen-bond acceptors (Lipinski definition) is 15. The molecule has 0 aliphatic rings. The predicted octanol–water partition coefficient (Wildman–Crippen LogP) is 20.2. The molecular weight excluding hydrogens is 1200 g/mol. The standard InChI is InChI=1S/C72H136O17P2/c1-8-9-10-11-12-13-14-15-16-17-18-25-34-41-48-55-71(76)88-67(59-82-69(74)53-46-39-32-26-19-22-29-36-43-50-63(2)3)61-86-90(78,79)84-57-66(73)58-85-91(80,81)87-62-68(89-72(77)56-49-42-35-28-21-24-31-38-45-52-65(6)7)60-83-70(75)54-47-40-33-27-20-23-30-37-44-51-64(4)5/h13-16,63-68,73H,8-12,17-62H2,1-7H3,(H,78,79)(H,80,81)/b14-13-,16-15-/t66-,67-,68-/m1/s1. The lowest BCUT2D eigenvalue weighted by Crippen LogP contribution is -2.30. The highest BCUT2D eigenvalue weighted by atomic mass is 31.2. The van der Waals surface area contributed by atoms with Crippen molar-refractivity contribution >= 4 is 39.5 Å². The number of unbranched alkanes of at least 4 members (excludes halogenated alkanes) is 33. The van der Waals surface area contributed by atoms with Crippen LogP contribution in [0.3, 0.4) is 0 Å². The lowest BCUT2D eigenvalue weighted by atomic mass is 10.0. The molecule has 19 heteroatoms. The number of carbonyl (C=O) groups is 4. The smallest absolute Gasteiger partial charge is 0.462 e. The molecule has 17 nitrogen and oxygen atoms in total. The average Bonchev–Trinajstić information content (AvgIpc) is 3.71. The molecule has 0 rings (SSSR count). The van der Waals surface area contributed by atoms with E-state index in [1.54, 1.807) is 0 Å². The van der Waals surface area contributed by atoms with Crippen molar-refractivity contribution in [3.63, 3.8) is 0 Å². The summed E-state index contributed by atoms with van der Waals surface area (Å²) in [5.74, 6) is 0.0630. The van der Waals surface area contributed by atoms with Gasteiger partial charge in [-0.2, -0.15) is 0 Å². The Morgan fingerprint density at radius 3 is 0.890 bits per heavy atom. The summed E-state index contributed by atoms with van der Waals surface area (Å²) < 4.78 is 68.3. The summed E-state index contributed by atoms with van der Waals surface area (Å²) in [4.78, 5) is 72.6. The fraction of sp³-hybridized carbons (Fsp3) is 0.889. The van der Waals surface area contributed by atoms with Gasteiger partial charge in [0.25, 0.3) is 0 Å². The Morgan fingerprint density at radius 1 is 0.341 bits per heavy atom.